The number of amides is 2. The summed E-state index contributed by atoms with van der Waals surface area (Å²) in [5.74, 6) is 0.552. The highest BCUT2D eigenvalue weighted by Gasteiger charge is 2.42. The molecule has 2 unspecified atom stereocenters. The van der Waals surface area contributed by atoms with Crippen molar-refractivity contribution < 1.29 is 9.59 Å². The van der Waals surface area contributed by atoms with E-state index in [9.17, 15) is 9.59 Å². The van der Waals surface area contributed by atoms with E-state index in [0.29, 0.717) is 6.54 Å². The van der Waals surface area contributed by atoms with E-state index in [4.69, 9.17) is 5.73 Å². The Labute approximate surface area is 145 Å². The number of nitrogens with zero attached hydrogens (tertiary/aromatic N) is 2. The number of halogens is 1. The van der Waals surface area contributed by atoms with Gasteiger partial charge in [-0.3, -0.25) is 9.59 Å². The Hall–Kier alpha value is -0.810. The molecular weight excluding hydrogens is 314 g/mol. The van der Waals surface area contributed by atoms with Crippen LogP contribution in [0.2, 0.25) is 0 Å². The maximum atomic E-state index is 12.9. The van der Waals surface area contributed by atoms with Crippen LogP contribution >= 0.6 is 12.4 Å². The molecule has 0 bridgehead atoms. The van der Waals surface area contributed by atoms with Crippen LogP contribution in [0.25, 0.3) is 0 Å². The summed E-state index contributed by atoms with van der Waals surface area (Å²) in [5, 5.41) is 0. The number of carbonyl (C=O) groups is 2. The molecule has 0 aromatic carbocycles. The fourth-order valence-electron chi connectivity index (χ4n) is 4.28. The third-order valence-corrected chi connectivity index (χ3v) is 5.89. The fourth-order valence-corrected chi connectivity index (χ4v) is 4.28. The van der Waals surface area contributed by atoms with Crippen molar-refractivity contribution in [3.63, 3.8) is 0 Å². The van der Waals surface area contributed by atoms with Gasteiger partial charge in [0.05, 0.1) is 0 Å². The summed E-state index contributed by atoms with van der Waals surface area (Å²) < 4.78 is 0. The van der Waals surface area contributed by atoms with Crippen molar-refractivity contribution in [3.8, 4) is 0 Å². The lowest BCUT2D eigenvalue weighted by atomic mass is 9.90. The van der Waals surface area contributed by atoms with E-state index in [2.05, 4.69) is 6.92 Å². The number of carbonyl (C=O) groups excluding carboxylic acids is 2. The molecule has 2 heterocycles. The first-order valence-corrected chi connectivity index (χ1v) is 8.83. The average Bonchev–Trinajstić information content (AvgIpc) is 3.26. The second kappa shape index (κ2) is 7.39. The molecule has 2 aliphatic heterocycles. The average molecular weight is 344 g/mol. The number of hydrogen-bond donors (Lipinski definition) is 1. The van der Waals surface area contributed by atoms with Crippen molar-refractivity contribution in [2.45, 2.75) is 57.9 Å². The molecule has 0 spiro atoms. The first-order valence-electron chi connectivity index (χ1n) is 8.83. The van der Waals surface area contributed by atoms with Crippen molar-refractivity contribution >= 4 is 24.2 Å². The van der Waals surface area contributed by atoms with Crippen LogP contribution in [0.3, 0.4) is 0 Å². The second-order valence-electron chi connectivity index (χ2n) is 7.70. The van der Waals surface area contributed by atoms with E-state index >= 15 is 0 Å². The van der Waals surface area contributed by atoms with Crippen molar-refractivity contribution in [3.05, 3.63) is 0 Å². The summed E-state index contributed by atoms with van der Waals surface area (Å²) in [6.45, 7) is 5.05. The lowest BCUT2D eigenvalue weighted by molar-refractivity contribution is -0.145. The molecule has 0 aromatic rings. The quantitative estimate of drug-likeness (QED) is 0.849. The van der Waals surface area contributed by atoms with Gasteiger partial charge in [0.2, 0.25) is 11.8 Å². The van der Waals surface area contributed by atoms with Crippen LogP contribution in [0.4, 0.5) is 0 Å². The third kappa shape index (κ3) is 3.66. The monoisotopic (exact) mass is 343 g/mol. The van der Waals surface area contributed by atoms with Crippen LogP contribution < -0.4 is 5.73 Å². The van der Waals surface area contributed by atoms with Gasteiger partial charge in [-0.05, 0) is 44.1 Å². The van der Waals surface area contributed by atoms with Gasteiger partial charge in [0.15, 0.2) is 0 Å². The van der Waals surface area contributed by atoms with Crippen LogP contribution in [0.1, 0.15) is 51.9 Å². The maximum absolute atomic E-state index is 12.9. The Morgan fingerprint density at radius 3 is 2.39 bits per heavy atom. The zero-order chi connectivity index (χ0) is 15.7. The Kier molecular flexibility index (Phi) is 5.95. The van der Waals surface area contributed by atoms with Crippen LogP contribution in [-0.4, -0.2) is 53.8 Å². The molecule has 5 nitrogen and oxygen atoms in total. The summed E-state index contributed by atoms with van der Waals surface area (Å²) in [6, 6.07) is -0.215. The van der Waals surface area contributed by atoms with Crippen molar-refractivity contribution in [1.82, 2.24) is 9.80 Å². The number of rotatable bonds is 3. The van der Waals surface area contributed by atoms with Crippen LogP contribution in [0, 0.1) is 11.3 Å². The molecule has 132 valence electrons. The Morgan fingerprint density at radius 1 is 1.09 bits per heavy atom. The van der Waals surface area contributed by atoms with E-state index in [1.54, 1.807) is 0 Å². The summed E-state index contributed by atoms with van der Waals surface area (Å²) in [7, 11) is 0. The van der Waals surface area contributed by atoms with Crippen LogP contribution in [0.5, 0.6) is 0 Å². The topological polar surface area (TPSA) is 66.6 Å². The molecule has 1 saturated carbocycles. The first-order chi connectivity index (χ1) is 10.5. The molecule has 23 heavy (non-hydrogen) atoms. The van der Waals surface area contributed by atoms with Crippen LogP contribution in [0.15, 0.2) is 0 Å². The van der Waals surface area contributed by atoms with Gasteiger partial charge in [0.1, 0.15) is 6.04 Å². The lowest BCUT2D eigenvalue weighted by Gasteiger charge is -2.30. The fraction of sp³-hybridized carbons (Fsp3) is 0.882. The van der Waals surface area contributed by atoms with Gasteiger partial charge in [0, 0.05) is 25.6 Å². The molecular formula is C17H30ClN3O2. The molecule has 0 aromatic heterocycles. The smallest absolute Gasteiger partial charge is 0.245 e. The molecule has 6 heteroatoms. The summed E-state index contributed by atoms with van der Waals surface area (Å²) in [6.07, 6.45) is 7.08. The molecule has 2 amide bonds. The van der Waals surface area contributed by atoms with Gasteiger partial charge in [-0.15, -0.1) is 12.4 Å². The standard InChI is InChI=1S/C17H29N3O2.ClH/c1-17(11-18)8-10-19(12-17)16(22)14-7-4-9-20(14)15(21)13-5-2-3-6-13;/h13-14H,2-12,18H2,1H3;1H. The molecule has 0 radical (unpaired) electrons. The number of nitrogens with two attached hydrogens (primary N) is 1. The molecule has 3 fully saturated rings. The summed E-state index contributed by atoms with van der Waals surface area (Å²) in [5.41, 5.74) is 5.89. The first kappa shape index (κ1) is 18.5. The van der Waals surface area contributed by atoms with E-state index in [-0.39, 0.29) is 41.6 Å². The second-order valence-corrected chi connectivity index (χ2v) is 7.70. The summed E-state index contributed by atoms with van der Waals surface area (Å²) >= 11 is 0. The van der Waals surface area contributed by atoms with E-state index in [0.717, 1.165) is 64.6 Å². The SMILES string of the molecule is CC1(CN)CCN(C(=O)C2CCCN2C(=O)C2CCCC2)C1.Cl. The normalized spacial score (nSPS) is 31.5. The molecule has 2 saturated heterocycles. The minimum Gasteiger partial charge on any atom is -0.340 e. The highest BCUT2D eigenvalue weighted by Crippen LogP contribution is 2.33. The predicted molar refractivity (Wildman–Crippen MR) is 92.3 cm³/mol. The van der Waals surface area contributed by atoms with E-state index in [1.165, 1.54) is 0 Å². The van der Waals surface area contributed by atoms with Gasteiger partial charge >= 0.3 is 0 Å². The van der Waals surface area contributed by atoms with Gasteiger partial charge in [-0.2, -0.15) is 0 Å². The van der Waals surface area contributed by atoms with Crippen molar-refractivity contribution in [2.75, 3.05) is 26.2 Å². The number of hydrogen-bond acceptors (Lipinski definition) is 3. The Bertz CT molecular complexity index is 453. The third-order valence-electron chi connectivity index (χ3n) is 5.89. The summed E-state index contributed by atoms with van der Waals surface area (Å²) in [4.78, 5) is 29.4. The molecule has 2 N–H and O–H groups in total. The molecule has 1 aliphatic carbocycles. The predicted octanol–water partition coefficient (Wildman–Crippen LogP) is 1.79. The van der Waals surface area contributed by atoms with Gasteiger partial charge in [-0.25, -0.2) is 0 Å². The highest BCUT2D eigenvalue weighted by molar-refractivity contribution is 5.89. The zero-order valence-electron chi connectivity index (χ0n) is 14.1. The zero-order valence-corrected chi connectivity index (χ0v) is 14.9. The van der Waals surface area contributed by atoms with Gasteiger partial charge in [-0.1, -0.05) is 19.8 Å². The minimum absolute atomic E-state index is 0. The van der Waals surface area contributed by atoms with Crippen molar-refractivity contribution in [2.24, 2.45) is 17.1 Å². The minimum atomic E-state index is -0.215. The van der Waals surface area contributed by atoms with Crippen molar-refractivity contribution in [1.29, 1.82) is 0 Å². The molecule has 2 atom stereocenters. The lowest BCUT2D eigenvalue weighted by Crippen LogP contribution is -2.49. The highest BCUT2D eigenvalue weighted by atomic mass is 35.5. The largest absolute Gasteiger partial charge is 0.340 e. The number of likely N-dealkylation sites (tertiary alicyclic amines) is 2. The van der Waals surface area contributed by atoms with Gasteiger partial charge in [0.25, 0.3) is 0 Å². The molecule has 3 rings (SSSR count). The molecule has 3 aliphatic rings. The van der Waals surface area contributed by atoms with E-state index < -0.39 is 0 Å². The van der Waals surface area contributed by atoms with Gasteiger partial charge < -0.3 is 15.5 Å². The Morgan fingerprint density at radius 2 is 1.78 bits per heavy atom. The Balaban J connectivity index is 0.00000192. The maximum Gasteiger partial charge on any atom is 0.245 e. The van der Waals surface area contributed by atoms with E-state index in [1.807, 2.05) is 9.80 Å². The van der Waals surface area contributed by atoms with Crippen LogP contribution in [-0.2, 0) is 9.59 Å².